The smallest absolute Gasteiger partial charge is 0.161 e. The van der Waals surface area contributed by atoms with E-state index in [4.69, 9.17) is 9.47 Å². The van der Waals surface area contributed by atoms with E-state index in [9.17, 15) is 0 Å². The molecule has 0 saturated carbocycles. The molecule has 3 heteroatoms. The zero-order valence-corrected chi connectivity index (χ0v) is 12.3. The highest BCUT2D eigenvalue weighted by molar-refractivity contribution is 5.56. The molecule has 0 saturated heterocycles. The van der Waals surface area contributed by atoms with Gasteiger partial charge in [-0.2, -0.15) is 0 Å². The fraction of sp³-hybridized carbons (Fsp3) is 0.294. The zero-order chi connectivity index (χ0) is 14.4. The first kappa shape index (κ1) is 14.3. The van der Waals surface area contributed by atoms with E-state index in [1.165, 1.54) is 16.8 Å². The SMILES string of the molecule is COc1ccccc1OCCNc1c(C)cccc1C. The monoisotopic (exact) mass is 271 g/mol. The van der Waals surface area contributed by atoms with Crippen LogP contribution in [-0.4, -0.2) is 20.3 Å². The van der Waals surface area contributed by atoms with Gasteiger partial charge in [0.1, 0.15) is 6.61 Å². The minimum Gasteiger partial charge on any atom is -0.493 e. The summed E-state index contributed by atoms with van der Waals surface area (Å²) in [5, 5.41) is 3.42. The van der Waals surface area contributed by atoms with E-state index in [-0.39, 0.29) is 0 Å². The molecule has 0 heterocycles. The van der Waals surface area contributed by atoms with E-state index in [1.54, 1.807) is 7.11 Å². The Morgan fingerprint density at radius 1 is 0.900 bits per heavy atom. The third-order valence-corrected chi connectivity index (χ3v) is 3.21. The van der Waals surface area contributed by atoms with Crippen LogP contribution in [0.3, 0.4) is 0 Å². The first-order valence-electron chi connectivity index (χ1n) is 6.78. The average Bonchev–Trinajstić information content (AvgIpc) is 2.46. The average molecular weight is 271 g/mol. The predicted octanol–water partition coefficient (Wildman–Crippen LogP) is 3.80. The number of hydrogen-bond donors (Lipinski definition) is 1. The van der Waals surface area contributed by atoms with Crippen molar-refractivity contribution >= 4 is 5.69 Å². The van der Waals surface area contributed by atoms with Gasteiger partial charge in [-0.3, -0.25) is 0 Å². The maximum atomic E-state index is 5.74. The summed E-state index contributed by atoms with van der Waals surface area (Å²) >= 11 is 0. The first-order valence-corrected chi connectivity index (χ1v) is 6.78. The summed E-state index contributed by atoms with van der Waals surface area (Å²) in [6.45, 7) is 5.56. The normalized spacial score (nSPS) is 10.2. The molecule has 2 rings (SSSR count). The van der Waals surface area contributed by atoms with Crippen LogP contribution in [0.5, 0.6) is 11.5 Å². The number of nitrogens with one attached hydrogen (secondary N) is 1. The highest BCUT2D eigenvalue weighted by Gasteiger charge is 2.03. The number of para-hydroxylation sites is 3. The number of hydrogen-bond acceptors (Lipinski definition) is 3. The lowest BCUT2D eigenvalue weighted by molar-refractivity contribution is 0.306. The van der Waals surface area contributed by atoms with Gasteiger partial charge in [0, 0.05) is 12.2 Å². The molecule has 3 nitrogen and oxygen atoms in total. The molecule has 0 atom stereocenters. The number of ether oxygens (including phenoxy) is 2. The lowest BCUT2D eigenvalue weighted by Gasteiger charge is -2.14. The Morgan fingerprint density at radius 2 is 1.55 bits per heavy atom. The van der Waals surface area contributed by atoms with Crippen LogP contribution in [0.2, 0.25) is 0 Å². The Balaban J connectivity index is 1.88. The van der Waals surface area contributed by atoms with Gasteiger partial charge in [0.2, 0.25) is 0 Å². The Kier molecular flexibility index (Phi) is 4.88. The highest BCUT2D eigenvalue weighted by Crippen LogP contribution is 2.25. The lowest BCUT2D eigenvalue weighted by atomic mass is 10.1. The number of methoxy groups -OCH3 is 1. The van der Waals surface area contributed by atoms with Gasteiger partial charge in [-0.25, -0.2) is 0 Å². The van der Waals surface area contributed by atoms with Crippen LogP contribution in [0.25, 0.3) is 0 Å². The second kappa shape index (κ2) is 6.85. The van der Waals surface area contributed by atoms with Gasteiger partial charge in [0.15, 0.2) is 11.5 Å². The molecule has 0 radical (unpaired) electrons. The molecule has 106 valence electrons. The van der Waals surface area contributed by atoms with Gasteiger partial charge >= 0.3 is 0 Å². The van der Waals surface area contributed by atoms with Gasteiger partial charge in [0.25, 0.3) is 0 Å². The molecule has 20 heavy (non-hydrogen) atoms. The predicted molar refractivity (Wildman–Crippen MR) is 82.9 cm³/mol. The molecule has 0 amide bonds. The first-order chi connectivity index (χ1) is 9.72. The largest absolute Gasteiger partial charge is 0.493 e. The molecule has 1 N–H and O–H groups in total. The van der Waals surface area contributed by atoms with Crippen molar-refractivity contribution in [3.8, 4) is 11.5 Å². The molecular formula is C17H21NO2. The summed E-state index contributed by atoms with van der Waals surface area (Å²) in [6, 6.07) is 14.0. The molecule has 0 spiro atoms. The van der Waals surface area contributed by atoms with Crippen LogP contribution in [0, 0.1) is 13.8 Å². The Bertz CT molecular complexity index is 546. The van der Waals surface area contributed by atoms with Crippen molar-refractivity contribution in [2.24, 2.45) is 0 Å². The minimum atomic E-state index is 0.591. The van der Waals surface area contributed by atoms with E-state index in [2.05, 4.69) is 37.4 Å². The molecule has 0 fully saturated rings. The molecule has 0 aromatic heterocycles. The molecule has 2 aromatic rings. The van der Waals surface area contributed by atoms with Crippen LogP contribution in [-0.2, 0) is 0 Å². The van der Waals surface area contributed by atoms with Crippen molar-refractivity contribution in [3.05, 3.63) is 53.6 Å². The minimum absolute atomic E-state index is 0.591. The molecule has 0 aliphatic carbocycles. The van der Waals surface area contributed by atoms with Crippen LogP contribution >= 0.6 is 0 Å². The van der Waals surface area contributed by atoms with Crippen molar-refractivity contribution in [1.82, 2.24) is 0 Å². The van der Waals surface area contributed by atoms with Crippen LogP contribution < -0.4 is 14.8 Å². The second-order valence-corrected chi connectivity index (χ2v) is 4.69. The Hall–Kier alpha value is -2.16. The van der Waals surface area contributed by atoms with Gasteiger partial charge in [0.05, 0.1) is 7.11 Å². The summed E-state index contributed by atoms with van der Waals surface area (Å²) in [7, 11) is 1.65. The van der Waals surface area contributed by atoms with E-state index >= 15 is 0 Å². The van der Waals surface area contributed by atoms with Gasteiger partial charge < -0.3 is 14.8 Å². The second-order valence-electron chi connectivity index (χ2n) is 4.69. The zero-order valence-electron chi connectivity index (χ0n) is 12.3. The lowest BCUT2D eigenvalue weighted by Crippen LogP contribution is -2.13. The standard InChI is InChI=1S/C17H21NO2/c1-13-7-6-8-14(2)17(13)18-11-12-20-16-10-5-4-9-15(16)19-3/h4-10,18H,11-12H2,1-3H3. The van der Waals surface area contributed by atoms with Crippen LogP contribution in [0.4, 0.5) is 5.69 Å². The third-order valence-electron chi connectivity index (χ3n) is 3.21. The van der Waals surface area contributed by atoms with Crippen LogP contribution in [0.15, 0.2) is 42.5 Å². The molecule has 0 bridgehead atoms. The quantitative estimate of drug-likeness (QED) is 0.811. The van der Waals surface area contributed by atoms with E-state index in [0.29, 0.717) is 6.61 Å². The molecular weight excluding hydrogens is 250 g/mol. The fourth-order valence-corrected chi connectivity index (χ4v) is 2.17. The highest BCUT2D eigenvalue weighted by atomic mass is 16.5. The van der Waals surface area contributed by atoms with Crippen molar-refractivity contribution in [1.29, 1.82) is 0 Å². The van der Waals surface area contributed by atoms with Crippen molar-refractivity contribution < 1.29 is 9.47 Å². The molecule has 0 unspecified atom stereocenters. The van der Waals surface area contributed by atoms with E-state index in [0.717, 1.165) is 18.0 Å². The summed E-state index contributed by atoms with van der Waals surface area (Å²) in [6.07, 6.45) is 0. The van der Waals surface area contributed by atoms with E-state index in [1.807, 2.05) is 24.3 Å². The van der Waals surface area contributed by atoms with Crippen molar-refractivity contribution in [2.75, 3.05) is 25.6 Å². The number of aryl methyl sites for hydroxylation is 2. The number of benzene rings is 2. The maximum Gasteiger partial charge on any atom is 0.161 e. The Morgan fingerprint density at radius 3 is 2.20 bits per heavy atom. The van der Waals surface area contributed by atoms with Crippen molar-refractivity contribution in [3.63, 3.8) is 0 Å². The van der Waals surface area contributed by atoms with Crippen molar-refractivity contribution in [2.45, 2.75) is 13.8 Å². The maximum absolute atomic E-state index is 5.74. The molecule has 0 aliphatic rings. The summed E-state index contributed by atoms with van der Waals surface area (Å²) in [5.41, 5.74) is 3.70. The summed E-state index contributed by atoms with van der Waals surface area (Å²) in [5.74, 6) is 1.54. The van der Waals surface area contributed by atoms with E-state index < -0.39 is 0 Å². The number of anilines is 1. The van der Waals surface area contributed by atoms with Gasteiger partial charge in [-0.15, -0.1) is 0 Å². The Labute approximate surface area is 120 Å². The van der Waals surface area contributed by atoms with Gasteiger partial charge in [-0.05, 0) is 37.1 Å². The molecule has 2 aromatic carbocycles. The third kappa shape index (κ3) is 3.44. The summed E-state index contributed by atoms with van der Waals surface area (Å²) < 4.78 is 11.0. The van der Waals surface area contributed by atoms with Gasteiger partial charge in [-0.1, -0.05) is 30.3 Å². The van der Waals surface area contributed by atoms with Crippen LogP contribution in [0.1, 0.15) is 11.1 Å². The summed E-state index contributed by atoms with van der Waals surface area (Å²) in [4.78, 5) is 0. The number of rotatable bonds is 6. The molecule has 0 aliphatic heterocycles. The topological polar surface area (TPSA) is 30.5 Å². The fourth-order valence-electron chi connectivity index (χ4n) is 2.17.